The number of pyridine rings is 1. The number of halogens is 2. The van der Waals surface area contributed by atoms with Crippen molar-refractivity contribution < 1.29 is 22.8 Å². The van der Waals surface area contributed by atoms with Gasteiger partial charge in [0.25, 0.3) is 5.92 Å². The lowest BCUT2D eigenvalue weighted by atomic mass is 10.0. The van der Waals surface area contributed by atoms with Crippen molar-refractivity contribution in [3.8, 4) is 11.3 Å². The molecule has 0 aromatic carbocycles. The fraction of sp³-hybridized carbons (Fsp3) is 0.368. The highest BCUT2D eigenvalue weighted by atomic mass is 19.3. The predicted molar refractivity (Wildman–Crippen MR) is 91.9 cm³/mol. The number of rotatable bonds is 5. The molecule has 0 unspecified atom stereocenters. The Morgan fingerprint density at radius 1 is 1.37 bits per heavy atom. The van der Waals surface area contributed by atoms with E-state index in [9.17, 15) is 18.4 Å². The molecule has 0 aliphatic carbocycles. The van der Waals surface area contributed by atoms with Gasteiger partial charge in [-0.15, -0.1) is 0 Å². The summed E-state index contributed by atoms with van der Waals surface area (Å²) in [5, 5.41) is 0. The Hall–Kier alpha value is -3.08. The van der Waals surface area contributed by atoms with Crippen LogP contribution >= 0.6 is 0 Å². The van der Waals surface area contributed by atoms with Crippen molar-refractivity contribution in [2.75, 3.05) is 6.54 Å². The first-order valence-corrected chi connectivity index (χ1v) is 8.38. The quantitative estimate of drug-likeness (QED) is 0.592. The van der Waals surface area contributed by atoms with E-state index in [-0.39, 0.29) is 18.6 Å². The van der Waals surface area contributed by atoms with Gasteiger partial charge in [0.1, 0.15) is 17.9 Å². The molecule has 1 amide bonds. The van der Waals surface area contributed by atoms with Gasteiger partial charge >= 0.3 is 6.17 Å². The molecule has 0 spiro atoms. The van der Waals surface area contributed by atoms with E-state index in [0.29, 0.717) is 22.6 Å². The molecule has 2 aromatic heterocycles. The Morgan fingerprint density at radius 3 is 2.81 bits per heavy atom. The van der Waals surface area contributed by atoms with Crippen molar-refractivity contribution in [2.45, 2.75) is 38.3 Å². The lowest BCUT2D eigenvalue weighted by Gasteiger charge is -2.16. The monoisotopic (exact) mass is 373 g/mol. The first-order chi connectivity index (χ1) is 12.8. The van der Waals surface area contributed by atoms with Gasteiger partial charge in [-0.25, -0.2) is 15.4 Å². The van der Waals surface area contributed by atoms with Crippen LogP contribution in [0.3, 0.4) is 0 Å². The zero-order chi connectivity index (χ0) is 19.6. The number of nitrogens with zero attached hydrogens (tertiary/aromatic N) is 3. The van der Waals surface area contributed by atoms with Crippen molar-refractivity contribution >= 4 is 11.7 Å². The lowest BCUT2D eigenvalue weighted by Crippen LogP contribution is -2.35. The SMILES string of the molecule is [C-]#[N+][C@@H]1CC(F)(F)CN1C(=O)CCC(=O)c1ccncc1-c1ccc(C)o1. The second-order valence-corrected chi connectivity index (χ2v) is 6.45. The fourth-order valence-electron chi connectivity index (χ4n) is 3.08. The van der Waals surface area contributed by atoms with Gasteiger partial charge in [-0.05, 0) is 25.1 Å². The van der Waals surface area contributed by atoms with Gasteiger partial charge in [-0.2, -0.15) is 0 Å². The smallest absolute Gasteiger partial charge is 0.306 e. The van der Waals surface area contributed by atoms with Crippen LogP contribution in [0, 0.1) is 13.5 Å². The Balaban J connectivity index is 1.70. The predicted octanol–water partition coefficient (Wildman–Crippen LogP) is 3.73. The summed E-state index contributed by atoms with van der Waals surface area (Å²) in [4.78, 5) is 32.8. The third kappa shape index (κ3) is 4.03. The van der Waals surface area contributed by atoms with Gasteiger partial charge in [0, 0.05) is 36.4 Å². The van der Waals surface area contributed by atoms with Crippen molar-refractivity contribution in [3.63, 3.8) is 0 Å². The van der Waals surface area contributed by atoms with E-state index in [1.165, 1.54) is 18.5 Å². The fourth-order valence-corrected chi connectivity index (χ4v) is 3.08. The molecule has 1 atom stereocenters. The highest BCUT2D eigenvalue weighted by molar-refractivity contribution is 6.02. The normalized spacial score (nSPS) is 18.3. The Kier molecular flexibility index (Phi) is 5.04. The molecule has 140 valence electrons. The largest absolute Gasteiger partial charge is 0.461 e. The van der Waals surface area contributed by atoms with Crippen LogP contribution < -0.4 is 0 Å². The number of furan rings is 1. The van der Waals surface area contributed by atoms with Gasteiger partial charge in [0.05, 0.1) is 6.54 Å². The molecule has 1 aliphatic rings. The highest BCUT2D eigenvalue weighted by Crippen LogP contribution is 2.33. The van der Waals surface area contributed by atoms with E-state index in [0.717, 1.165) is 4.90 Å². The van der Waals surface area contributed by atoms with E-state index in [2.05, 4.69) is 9.83 Å². The maximum absolute atomic E-state index is 13.5. The molecule has 0 saturated carbocycles. The number of Topliss-reactive ketones (excluding diaryl/α,β-unsaturated/α-hetero) is 1. The molecule has 8 heteroatoms. The van der Waals surface area contributed by atoms with Crippen molar-refractivity contribution in [1.82, 2.24) is 9.88 Å². The minimum Gasteiger partial charge on any atom is -0.461 e. The molecular formula is C19H17F2N3O3. The standard InChI is InChI=1S/C19H17F2N3O3/c1-12-3-5-16(27-12)14-10-23-8-7-13(14)15(25)4-6-18(26)24-11-19(20,21)9-17(24)22-2/h3,5,7-8,10,17H,4,6,9,11H2,1H3/t17-/m0/s1. The Bertz CT molecular complexity index is 917. The summed E-state index contributed by atoms with van der Waals surface area (Å²) in [6, 6.07) is 5.02. The van der Waals surface area contributed by atoms with Gasteiger partial charge in [-0.3, -0.25) is 24.3 Å². The molecule has 1 saturated heterocycles. The molecule has 6 nitrogen and oxygen atoms in total. The number of alkyl halides is 2. The van der Waals surface area contributed by atoms with Crippen molar-refractivity contribution in [1.29, 1.82) is 0 Å². The average molecular weight is 373 g/mol. The first-order valence-electron chi connectivity index (χ1n) is 8.38. The molecule has 0 bridgehead atoms. The van der Waals surface area contributed by atoms with Crippen LogP contribution in [0.2, 0.25) is 0 Å². The number of carbonyl (C=O) groups excluding carboxylic acids is 2. The molecular weight excluding hydrogens is 356 g/mol. The Morgan fingerprint density at radius 2 is 2.15 bits per heavy atom. The van der Waals surface area contributed by atoms with E-state index in [4.69, 9.17) is 11.0 Å². The molecule has 0 N–H and O–H groups in total. The molecule has 27 heavy (non-hydrogen) atoms. The summed E-state index contributed by atoms with van der Waals surface area (Å²) < 4.78 is 32.5. The highest BCUT2D eigenvalue weighted by Gasteiger charge is 2.50. The number of likely N-dealkylation sites (tertiary alicyclic amines) is 1. The summed E-state index contributed by atoms with van der Waals surface area (Å²) in [6.45, 7) is 7.99. The summed E-state index contributed by atoms with van der Waals surface area (Å²) in [7, 11) is 0. The summed E-state index contributed by atoms with van der Waals surface area (Å²) >= 11 is 0. The van der Waals surface area contributed by atoms with Crippen LogP contribution in [0.5, 0.6) is 0 Å². The number of aryl methyl sites for hydroxylation is 1. The van der Waals surface area contributed by atoms with Crippen LogP contribution in [0.1, 0.15) is 35.4 Å². The number of ketones is 1. The average Bonchev–Trinajstić information content (AvgIpc) is 3.21. The van der Waals surface area contributed by atoms with Gasteiger partial charge in [-0.1, -0.05) is 0 Å². The first kappa shape index (κ1) is 18.7. The number of hydrogen-bond acceptors (Lipinski definition) is 4. The summed E-state index contributed by atoms with van der Waals surface area (Å²) in [6.07, 6.45) is 0.739. The van der Waals surface area contributed by atoms with E-state index in [1.807, 2.05) is 0 Å². The molecule has 1 aliphatic heterocycles. The number of aromatic nitrogens is 1. The van der Waals surface area contributed by atoms with Crippen molar-refractivity contribution in [2.24, 2.45) is 0 Å². The zero-order valence-electron chi connectivity index (χ0n) is 14.6. The minimum atomic E-state index is -3.07. The topological polar surface area (TPSA) is 67.8 Å². The van der Waals surface area contributed by atoms with E-state index < -0.39 is 31.0 Å². The van der Waals surface area contributed by atoms with Gasteiger partial charge in [0.15, 0.2) is 5.78 Å². The van der Waals surface area contributed by atoms with Crippen LogP contribution in [-0.2, 0) is 4.79 Å². The maximum Gasteiger partial charge on any atom is 0.306 e. The van der Waals surface area contributed by atoms with Gasteiger partial charge in [0.2, 0.25) is 5.91 Å². The second kappa shape index (κ2) is 7.27. The second-order valence-electron chi connectivity index (χ2n) is 6.45. The lowest BCUT2D eigenvalue weighted by molar-refractivity contribution is -0.132. The maximum atomic E-state index is 13.5. The van der Waals surface area contributed by atoms with Crippen molar-refractivity contribution in [3.05, 3.63) is 53.3 Å². The third-order valence-electron chi connectivity index (χ3n) is 4.41. The molecule has 2 aromatic rings. The van der Waals surface area contributed by atoms with Crippen LogP contribution in [0.25, 0.3) is 16.2 Å². The number of amides is 1. The third-order valence-corrected chi connectivity index (χ3v) is 4.41. The molecule has 3 heterocycles. The molecule has 3 rings (SSSR count). The minimum absolute atomic E-state index is 0.150. The number of hydrogen-bond donors (Lipinski definition) is 0. The van der Waals surface area contributed by atoms with Gasteiger partial charge < -0.3 is 4.42 Å². The molecule has 0 radical (unpaired) electrons. The van der Waals surface area contributed by atoms with E-state index in [1.54, 1.807) is 19.1 Å². The zero-order valence-corrected chi connectivity index (χ0v) is 14.6. The summed E-state index contributed by atoms with van der Waals surface area (Å²) in [5.41, 5.74) is 0.857. The Labute approximate surface area is 154 Å². The van der Waals surface area contributed by atoms with Crippen LogP contribution in [-0.4, -0.2) is 40.2 Å². The summed E-state index contributed by atoms with van der Waals surface area (Å²) in [5.74, 6) is -2.83. The number of carbonyl (C=O) groups is 2. The molecule has 1 fully saturated rings. The van der Waals surface area contributed by atoms with Crippen LogP contribution in [0.4, 0.5) is 8.78 Å². The van der Waals surface area contributed by atoms with Crippen LogP contribution in [0.15, 0.2) is 35.0 Å². The van der Waals surface area contributed by atoms with E-state index >= 15 is 0 Å².